The van der Waals surface area contributed by atoms with Gasteiger partial charge in [0.2, 0.25) is 0 Å². The molecule has 31 heavy (non-hydrogen) atoms. The summed E-state index contributed by atoms with van der Waals surface area (Å²) in [7, 11) is 0. The lowest BCUT2D eigenvalue weighted by Crippen LogP contribution is -2.24. The normalized spacial score (nSPS) is 11.0. The van der Waals surface area contributed by atoms with Gasteiger partial charge in [0.1, 0.15) is 0 Å². The Morgan fingerprint density at radius 2 is 1.81 bits per heavy atom. The minimum atomic E-state index is -0.256. The van der Waals surface area contributed by atoms with Crippen molar-refractivity contribution in [3.63, 3.8) is 0 Å². The highest BCUT2D eigenvalue weighted by Crippen LogP contribution is 2.18. The fourth-order valence-electron chi connectivity index (χ4n) is 3.54. The minimum absolute atomic E-state index is 0.256. The lowest BCUT2D eigenvalue weighted by molar-refractivity contribution is 0.0945. The molecular formula is C23H23BrN6O. The third-order valence-corrected chi connectivity index (χ3v) is 5.79. The van der Waals surface area contributed by atoms with E-state index in [-0.39, 0.29) is 5.91 Å². The van der Waals surface area contributed by atoms with Crippen molar-refractivity contribution in [1.29, 1.82) is 0 Å². The highest BCUT2D eigenvalue weighted by molar-refractivity contribution is 9.10. The summed E-state index contributed by atoms with van der Waals surface area (Å²) < 4.78 is 4.57. The monoisotopic (exact) mass is 478 g/mol. The second-order valence-corrected chi connectivity index (χ2v) is 8.31. The smallest absolute Gasteiger partial charge is 0.274 e. The quantitative estimate of drug-likeness (QED) is 0.451. The lowest BCUT2D eigenvalue weighted by atomic mass is 10.2. The van der Waals surface area contributed by atoms with Gasteiger partial charge in [-0.2, -0.15) is 5.10 Å². The number of rotatable bonds is 6. The van der Waals surface area contributed by atoms with Crippen LogP contribution < -0.4 is 5.32 Å². The number of aryl methyl sites for hydroxylation is 1. The summed E-state index contributed by atoms with van der Waals surface area (Å²) in [6.45, 7) is 6.91. The largest absolute Gasteiger partial charge is 0.346 e. The molecule has 0 aliphatic heterocycles. The summed E-state index contributed by atoms with van der Waals surface area (Å²) >= 11 is 3.46. The van der Waals surface area contributed by atoms with Crippen LogP contribution in [0.15, 0.2) is 59.1 Å². The average molecular weight is 479 g/mol. The Morgan fingerprint density at radius 1 is 1.03 bits per heavy atom. The van der Waals surface area contributed by atoms with Crippen molar-refractivity contribution >= 4 is 21.8 Å². The van der Waals surface area contributed by atoms with Gasteiger partial charge in [-0.1, -0.05) is 57.5 Å². The van der Waals surface area contributed by atoms with Crippen LogP contribution in [-0.4, -0.2) is 30.7 Å². The second kappa shape index (κ2) is 8.85. The van der Waals surface area contributed by atoms with E-state index in [4.69, 9.17) is 0 Å². The molecule has 158 valence electrons. The Kier molecular flexibility index (Phi) is 5.99. The van der Waals surface area contributed by atoms with Crippen LogP contribution in [0.3, 0.4) is 0 Å². The predicted octanol–water partition coefficient (Wildman–Crippen LogP) is 4.13. The molecule has 0 atom stereocenters. The number of halogens is 1. The summed E-state index contributed by atoms with van der Waals surface area (Å²) in [6.07, 6.45) is 0. The molecule has 0 spiro atoms. The molecule has 4 aromatic rings. The fourth-order valence-corrected chi connectivity index (χ4v) is 3.93. The van der Waals surface area contributed by atoms with Gasteiger partial charge in [-0.25, -0.2) is 4.68 Å². The molecule has 0 saturated heterocycles. The molecule has 0 saturated carbocycles. The van der Waals surface area contributed by atoms with Crippen LogP contribution in [0.4, 0.5) is 0 Å². The van der Waals surface area contributed by atoms with Gasteiger partial charge in [-0.05, 0) is 44.5 Å². The standard InChI is InChI=1S/C23H23BrN6O/c1-15-21(16(2)29(27-15)14-18-8-5-4-6-9-18)13-25-23(31)22-17(3)30(28-26-22)20-11-7-10-19(24)12-20/h4-12H,13-14H2,1-3H3,(H,25,31). The number of benzene rings is 2. The number of hydrogen-bond acceptors (Lipinski definition) is 4. The topological polar surface area (TPSA) is 77.6 Å². The summed E-state index contributed by atoms with van der Waals surface area (Å²) in [4.78, 5) is 12.8. The van der Waals surface area contributed by atoms with E-state index >= 15 is 0 Å². The molecule has 0 bridgehead atoms. The SMILES string of the molecule is Cc1nn(Cc2ccccc2)c(C)c1CNC(=O)c1nnn(-c2cccc(Br)c2)c1C. The first kappa shape index (κ1) is 21.0. The molecule has 2 heterocycles. The number of nitrogens with zero attached hydrogens (tertiary/aromatic N) is 5. The number of carbonyl (C=O) groups excluding carboxylic acids is 1. The Bertz CT molecular complexity index is 1230. The van der Waals surface area contributed by atoms with E-state index in [9.17, 15) is 4.79 Å². The van der Waals surface area contributed by atoms with Gasteiger partial charge in [0, 0.05) is 22.3 Å². The van der Waals surface area contributed by atoms with Crippen molar-refractivity contribution in [3.8, 4) is 5.69 Å². The van der Waals surface area contributed by atoms with Gasteiger partial charge >= 0.3 is 0 Å². The maximum Gasteiger partial charge on any atom is 0.274 e. The first-order valence-corrected chi connectivity index (χ1v) is 10.8. The van der Waals surface area contributed by atoms with Crippen LogP contribution in [-0.2, 0) is 13.1 Å². The summed E-state index contributed by atoms with van der Waals surface area (Å²) in [6, 6.07) is 17.9. The van der Waals surface area contributed by atoms with E-state index in [2.05, 4.69) is 48.8 Å². The highest BCUT2D eigenvalue weighted by atomic mass is 79.9. The minimum Gasteiger partial charge on any atom is -0.346 e. The van der Waals surface area contributed by atoms with Gasteiger partial charge in [0.15, 0.2) is 5.69 Å². The number of amides is 1. The Hall–Kier alpha value is -3.26. The molecule has 4 rings (SSSR count). The highest BCUT2D eigenvalue weighted by Gasteiger charge is 2.19. The number of hydrogen-bond donors (Lipinski definition) is 1. The van der Waals surface area contributed by atoms with Crippen molar-refractivity contribution in [2.45, 2.75) is 33.9 Å². The molecule has 0 aliphatic carbocycles. The zero-order valence-corrected chi connectivity index (χ0v) is 19.2. The van der Waals surface area contributed by atoms with Crippen molar-refractivity contribution in [3.05, 3.63) is 93.0 Å². The number of carbonyl (C=O) groups is 1. The first-order chi connectivity index (χ1) is 14.9. The van der Waals surface area contributed by atoms with Gasteiger partial charge < -0.3 is 5.32 Å². The van der Waals surface area contributed by atoms with E-state index in [0.717, 1.165) is 27.1 Å². The van der Waals surface area contributed by atoms with Crippen LogP contribution in [0.5, 0.6) is 0 Å². The van der Waals surface area contributed by atoms with E-state index in [1.54, 1.807) is 4.68 Å². The van der Waals surface area contributed by atoms with E-state index in [1.165, 1.54) is 5.56 Å². The molecule has 0 radical (unpaired) electrons. The Morgan fingerprint density at radius 3 is 2.55 bits per heavy atom. The second-order valence-electron chi connectivity index (χ2n) is 7.39. The van der Waals surface area contributed by atoms with E-state index < -0.39 is 0 Å². The molecule has 1 N–H and O–H groups in total. The molecule has 7 nitrogen and oxygen atoms in total. The zero-order chi connectivity index (χ0) is 22.0. The maximum atomic E-state index is 12.8. The average Bonchev–Trinajstić information content (AvgIpc) is 3.26. The molecule has 2 aromatic carbocycles. The molecule has 0 unspecified atom stereocenters. The third kappa shape index (κ3) is 4.44. The zero-order valence-electron chi connectivity index (χ0n) is 17.6. The summed E-state index contributed by atoms with van der Waals surface area (Å²) in [5, 5.41) is 15.9. The van der Waals surface area contributed by atoms with E-state index in [0.29, 0.717) is 24.5 Å². The lowest BCUT2D eigenvalue weighted by Gasteiger charge is -2.07. The summed E-state index contributed by atoms with van der Waals surface area (Å²) in [5.74, 6) is -0.256. The van der Waals surface area contributed by atoms with Gasteiger partial charge in [-0.15, -0.1) is 5.10 Å². The van der Waals surface area contributed by atoms with Crippen molar-refractivity contribution in [2.75, 3.05) is 0 Å². The van der Waals surface area contributed by atoms with Gasteiger partial charge in [-0.3, -0.25) is 9.48 Å². The Balaban J connectivity index is 1.48. The van der Waals surface area contributed by atoms with Crippen molar-refractivity contribution in [2.24, 2.45) is 0 Å². The van der Waals surface area contributed by atoms with E-state index in [1.807, 2.05) is 67.9 Å². The summed E-state index contributed by atoms with van der Waals surface area (Å²) in [5.41, 5.74) is 5.98. The molecule has 0 aliphatic rings. The number of aromatic nitrogens is 5. The van der Waals surface area contributed by atoms with Crippen molar-refractivity contribution in [1.82, 2.24) is 30.1 Å². The molecular weight excluding hydrogens is 456 g/mol. The van der Waals surface area contributed by atoms with Gasteiger partial charge in [0.25, 0.3) is 5.91 Å². The number of nitrogens with one attached hydrogen (secondary N) is 1. The van der Waals surface area contributed by atoms with Crippen LogP contribution in [0.25, 0.3) is 5.69 Å². The van der Waals surface area contributed by atoms with Crippen molar-refractivity contribution < 1.29 is 4.79 Å². The fraction of sp³-hybridized carbons (Fsp3) is 0.217. The molecule has 8 heteroatoms. The Labute approximate surface area is 189 Å². The van der Waals surface area contributed by atoms with Crippen LogP contribution in [0, 0.1) is 20.8 Å². The predicted molar refractivity (Wildman–Crippen MR) is 122 cm³/mol. The first-order valence-electron chi connectivity index (χ1n) is 9.97. The van der Waals surface area contributed by atoms with Gasteiger partial charge in [0.05, 0.1) is 23.6 Å². The molecule has 2 aromatic heterocycles. The van der Waals surface area contributed by atoms with Crippen LogP contribution in [0.2, 0.25) is 0 Å². The van der Waals surface area contributed by atoms with Crippen LogP contribution in [0.1, 0.15) is 38.7 Å². The molecule has 0 fully saturated rings. The van der Waals surface area contributed by atoms with Crippen LogP contribution >= 0.6 is 15.9 Å². The maximum absolute atomic E-state index is 12.8. The third-order valence-electron chi connectivity index (χ3n) is 5.29. The molecule has 1 amide bonds.